The Hall–Kier alpha value is -1.61. The van der Waals surface area contributed by atoms with Gasteiger partial charge in [-0.15, -0.1) is 11.3 Å². The van der Waals surface area contributed by atoms with Gasteiger partial charge in [0, 0.05) is 12.7 Å². The minimum absolute atomic E-state index is 0.170. The van der Waals surface area contributed by atoms with Crippen molar-refractivity contribution >= 4 is 22.8 Å². The van der Waals surface area contributed by atoms with Crippen LogP contribution in [0.4, 0.5) is 5.69 Å². The summed E-state index contributed by atoms with van der Waals surface area (Å²) in [6.07, 6.45) is 0. The van der Waals surface area contributed by atoms with Crippen molar-refractivity contribution in [3.8, 4) is 0 Å². The molecule has 0 aliphatic carbocycles. The summed E-state index contributed by atoms with van der Waals surface area (Å²) in [4.78, 5) is 14.7. The third kappa shape index (κ3) is 2.94. The van der Waals surface area contributed by atoms with Crippen LogP contribution in [0.25, 0.3) is 0 Å². The van der Waals surface area contributed by atoms with Crippen molar-refractivity contribution in [3.05, 3.63) is 52.2 Å². The Kier molecular flexibility index (Phi) is 3.59. The van der Waals surface area contributed by atoms with Crippen LogP contribution in [0.3, 0.4) is 0 Å². The van der Waals surface area contributed by atoms with Gasteiger partial charge in [0.25, 0.3) is 0 Å². The van der Waals surface area contributed by atoms with Crippen LogP contribution in [0.2, 0.25) is 0 Å². The highest BCUT2D eigenvalue weighted by atomic mass is 32.1. The Morgan fingerprint density at radius 2 is 2.12 bits per heavy atom. The smallest absolute Gasteiger partial charge is 0.191 e. The highest BCUT2D eigenvalue weighted by Crippen LogP contribution is 2.16. The number of aryl methyl sites for hydroxylation is 1. The molecule has 0 aliphatic heterocycles. The molecule has 1 heterocycles. The number of carbonyl (C=O) groups excluding carboxylic acids is 1. The molecule has 0 radical (unpaired) electrons. The molecule has 0 fully saturated rings. The monoisotopic (exact) mass is 245 g/mol. The first-order valence-corrected chi connectivity index (χ1v) is 6.39. The normalized spacial score (nSPS) is 10.2. The second-order valence-electron chi connectivity index (χ2n) is 4.10. The molecule has 0 bridgehead atoms. The number of thiophene rings is 1. The van der Waals surface area contributed by atoms with Crippen LogP contribution in [-0.2, 0) is 0 Å². The van der Waals surface area contributed by atoms with Crippen LogP contribution in [0.15, 0.2) is 41.8 Å². The highest BCUT2D eigenvalue weighted by Gasteiger charge is 2.10. The van der Waals surface area contributed by atoms with Crippen LogP contribution in [-0.4, -0.2) is 19.4 Å². The summed E-state index contributed by atoms with van der Waals surface area (Å²) in [7, 11) is 1.94. The molecule has 1 aromatic heterocycles. The molecule has 0 atom stereocenters. The summed E-state index contributed by atoms with van der Waals surface area (Å²) in [5.41, 5.74) is 2.29. The fourth-order valence-corrected chi connectivity index (χ4v) is 2.34. The predicted molar refractivity (Wildman–Crippen MR) is 73.1 cm³/mol. The second kappa shape index (κ2) is 5.15. The van der Waals surface area contributed by atoms with E-state index in [1.54, 1.807) is 0 Å². The molecule has 0 unspecified atom stereocenters. The van der Waals surface area contributed by atoms with Crippen LogP contribution in [0, 0.1) is 6.92 Å². The largest absolute Gasteiger partial charge is 0.367 e. The van der Waals surface area contributed by atoms with Gasteiger partial charge in [0.2, 0.25) is 0 Å². The second-order valence-corrected chi connectivity index (χ2v) is 5.04. The van der Waals surface area contributed by atoms with Gasteiger partial charge in [-0.1, -0.05) is 18.2 Å². The summed E-state index contributed by atoms with van der Waals surface area (Å²) < 4.78 is 0. The Labute approximate surface area is 106 Å². The molecule has 0 saturated carbocycles. The Bertz CT molecular complexity index is 505. The highest BCUT2D eigenvalue weighted by molar-refractivity contribution is 7.12. The first-order valence-electron chi connectivity index (χ1n) is 5.51. The quantitative estimate of drug-likeness (QED) is 0.770. The predicted octanol–water partition coefficient (Wildman–Crippen LogP) is 3.38. The maximum atomic E-state index is 11.9. The fourth-order valence-electron chi connectivity index (χ4n) is 1.69. The molecule has 0 amide bonds. The lowest BCUT2D eigenvalue weighted by Gasteiger charge is -2.18. The third-order valence-corrected chi connectivity index (χ3v) is 3.53. The van der Waals surface area contributed by atoms with Crippen molar-refractivity contribution in [3.63, 3.8) is 0 Å². The zero-order valence-corrected chi connectivity index (χ0v) is 10.8. The first kappa shape index (κ1) is 11.9. The van der Waals surface area contributed by atoms with Gasteiger partial charge in [-0.2, -0.15) is 0 Å². The maximum absolute atomic E-state index is 11.9. The van der Waals surface area contributed by atoms with Gasteiger partial charge in [0.05, 0.1) is 11.4 Å². The van der Waals surface area contributed by atoms with Gasteiger partial charge in [-0.3, -0.25) is 4.79 Å². The molecule has 2 aromatic rings. The molecule has 2 rings (SSSR count). The summed E-state index contributed by atoms with van der Waals surface area (Å²) in [6, 6.07) is 12.0. The molecule has 0 saturated heterocycles. The number of nitrogens with zero attached hydrogens (tertiary/aromatic N) is 1. The molecule has 0 spiro atoms. The van der Waals surface area contributed by atoms with Crippen LogP contribution < -0.4 is 4.90 Å². The number of ketones is 1. The fraction of sp³-hybridized carbons (Fsp3) is 0.214. The lowest BCUT2D eigenvalue weighted by atomic mass is 10.2. The van der Waals surface area contributed by atoms with E-state index < -0.39 is 0 Å². The van der Waals surface area contributed by atoms with E-state index in [0.29, 0.717) is 6.54 Å². The number of Topliss-reactive ketones (excluding diaryl/α,β-unsaturated/α-hetero) is 1. The lowest BCUT2D eigenvalue weighted by Crippen LogP contribution is -2.25. The summed E-state index contributed by atoms with van der Waals surface area (Å²) in [5, 5.41) is 1.93. The van der Waals surface area contributed by atoms with E-state index in [4.69, 9.17) is 0 Å². The van der Waals surface area contributed by atoms with Crippen molar-refractivity contribution in [1.82, 2.24) is 0 Å². The molecule has 0 aliphatic rings. The number of benzene rings is 1. The Balaban J connectivity index is 2.07. The van der Waals surface area contributed by atoms with Crippen molar-refractivity contribution in [1.29, 1.82) is 0 Å². The van der Waals surface area contributed by atoms with Gasteiger partial charge in [-0.25, -0.2) is 0 Å². The number of carbonyl (C=O) groups is 1. The van der Waals surface area contributed by atoms with E-state index in [0.717, 1.165) is 10.6 Å². The average molecular weight is 245 g/mol. The molecule has 3 heteroatoms. The van der Waals surface area contributed by atoms with E-state index in [2.05, 4.69) is 19.1 Å². The molecule has 17 heavy (non-hydrogen) atoms. The molecule has 2 nitrogen and oxygen atoms in total. The molecular weight excluding hydrogens is 230 g/mol. The Morgan fingerprint density at radius 3 is 2.76 bits per heavy atom. The van der Waals surface area contributed by atoms with Gasteiger partial charge < -0.3 is 4.90 Å². The number of hydrogen-bond acceptors (Lipinski definition) is 3. The molecule has 0 N–H and O–H groups in total. The number of hydrogen-bond donors (Lipinski definition) is 0. The Morgan fingerprint density at radius 1 is 1.29 bits per heavy atom. The van der Waals surface area contributed by atoms with Crippen molar-refractivity contribution in [2.75, 3.05) is 18.5 Å². The van der Waals surface area contributed by atoms with Crippen LogP contribution in [0.5, 0.6) is 0 Å². The number of anilines is 1. The van der Waals surface area contributed by atoms with Crippen molar-refractivity contribution in [2.45, 2.75) is 6.92 Å². The van der Waals surface area contributed by atoms with E-state index in [9.17, 15) is 4.79 Å². The molecule has 1 aromatic carbocycles. The number of likely N-dealkylation sites (N-methyl/N-ethyl adjacent to an activating group) is 1. The van der Waals surface area contributed by atoms with Gasteiger partial charge in [0.1, 0.15) is 0 Å². The SMILES string of the molecule is Cc1cccc(N(C)CC(=O)c2cccs2)c1. The molecular formula is C14H15NOS. The van der Waals surface area contributed by atoms with Crippen molar-refractivity contribution in [2.24, 2.45) is 0 Å². The average Bonchev–Trinajstić information content (AvgIpc) is 2.82. The number of rotatable bonds is 4. The zero-order valence-electron chi connectivity index (χ0n) is 10.0. The minimum atomic E-state index is 0.170. The lowest BCUT2D eigenvalue weighted by molar-refractivity contribution is 0.100. The maximum Gasteiger partial charge on any atom is 0.191 e. The van der Waals surface area contributed by atoms with Crippen molar-refractivity contribution < 1.29 is 4.79 Å². The summed E-state index contributed by atoms with van der Waals surface area (Å²) in [5.74, 6) is 0.170. The van der Waals surface area contributed by atoms with Crippen LogP contribution in [0.1, 0.15) is 15.2 Å². The van der Waals surface area contributed by atoms with E-state index >= 15 is 0 Å². The first-order chi connectivity index (χ1) is 8.16. The van der Waals surface area contributed by atoms with Gasteiger partial charge in [-0.05, 0) is 36.1 Å². The topological polar surface area (TPSA) is 20.3 Å². The van der Waals surface area contributed by atoms with Gasteiger partial charge >= 0.3 is 0 Å². The van der Waals surface area contributed by atoms with E-state index in [-0.39, 0.29) is 5.78 Å². The summed E-state index contributed by atoms with van der Waals surface area (Å²) in [6.45, 7) is 2.47. The van der Waals surface area contributed by atoms with E-state index in [1.807, 2.05) is 41.6 Å². The van der Waals surface area contributed by atoms with Gasteiger partial charge in [0.15, 0.2) is 5.78 Å². The summed E-state index contributed by atoms with van der Waals surface area (Å²) >= 11 is 1.50. The van der Waals surface area contributed by atoms with E-state index in [1.165, 1.54) is 16.9 Å². The van der Waals surface area contributed by atoms with Crippen LogP contribution >= 0.6 is 11.3 Å². The molecule has 88 valence electrons. The minimum Gasteiger partial charge on any atom is -0.367 e. The zero-order chi connectivity index (χ0) is 12.3. The standard InChI is InChI=1S/C14H15NOS/c1-11-5-3-6-12(9-11)15(2)10-13(16)14-7-4-8-17-14/h3-9H,10H2,1-2H3. The third-order valence-electron chi connectivity index (χ3n) is 2.62.